The van der Waals surface area contributed by atoms with E-state index in [0.29, 0.717) is 5.82 Å². The molecule has 0 radical (unpaired) electrons. The van der Waals surface area contributed by atoms with Gasteiger partial charge in [0, 0.05) is 28.8 Å². The molecule has 1 aromatic heterocycles. The SMILES string of the molecule is CC(C)NC(=O)Cn1cc(S(=O)(=O)Cl)nc1C(C)C. The summed E-state index contributed by atoms with van der Waals surface area (Å²) in [5.74, 6) is 0.296. The van der Waals surface area contributed by atoms with Crippen LogP contribution in [0.2, 0.25) is 0 Å². The van der Waals surface area contributed by atoms with Crippen LogP contribution in [0.4, 0.5) is 0 Å². The van der Waals surface area contributed by atoms with E-state index in [1.807, 2.05) is 27.7 Å². The summed E-state index contributed by atoms with van der Waals surface area (Å²) in [4.78, 5) is 15.7. The van der Waals surface area contributed by atoms with Crippen LogP contribution in [-0.2, 0) is 20.4 Å². The summed E-state index contributed by atoms with van der Waals surface area (Å²) in [5, 5.41) is 2.51. The lowest BCUT2D eigenvalue weighted by molar-refractivity contribution is -0.122. The lowest BCUT2D eigenvalue weighted by Crippen LogP contribution is -2.33. The number of hydrogen-bond acceptors (Lipinski definition) is 4. The van der Waals surface area contributed by atoms with E-state index < -0.39 is 9.05 Å². The van der Waals surface area contributed by atoms with Gasteiger partial charge in [-0.2, -0.15) is 0 Å². The van der Waals surface area contributed by atoms with E-state index in [4.69, 9.17) is 10.7 Å². The zero-order valence-electron chi connectivity index (χ0n) is 11.3. The van der Waals surface area contributed by atoms with Gasteiger partial charge in [-0.3, -0.25) is 4.79 Å². The molecule has 1 aromatic rings. The number of amides is 1. The highest BCUT2D eigenvalue weighted by Crippen LogP contribution is 2.19. The van der Waals surface area contributed by atoms with Crippen molar-refractivity contribution in [1.29, 1.82) is 0 Å². The summed E-state index contributed by atoms with van der Waals surface area (Å²) in [6, 6.07) is 0.0229. The Balaban J connectivity index is 3.06. The van der Waals surface area contributed by atoms with Crippen LogP contribution in [0.5, 0.6) is 0 Å². The fourth-order valence-corrected chi connectivity index (χ4v) is 2.31. The molecule has 0 saturated carbocycles. The van der Waals surface area contributed by atoms with E-state index in [1.165, 1.54) is 10.8 Å². The lowest BCUT2D eigenvalue weighted by Gasteiger charge is -2.12. The monoisotopic (exact) mass is 307 g/mol. The van der Waals surface area contributed by atoms with Crippen molar-refractivity contribution >= 4 is 25.6 Å². The fourth-order valence-electron chi connectivity index (χ4n) is 1.63. The quantitative estimate of drug-likeness (QED) is 0.835. The predicted octanol–water partition coefficient (Wildman–Crippen LogP) is 1.46. The highest BCUT2D eigenvalue weighted by Gasteiger charge is 2.20. The van der Waals surface area contributed by atoms with E-state index in [0.717, 1.165) is 0 Å². The number of imidazole rings is 1. The first kappa shape index (κ1) is 16.0. The Morgan fingerprint density at radius 2 is 2.00 bits per heavy atom. The lowest BCUT2D eigenvalue weighted by atomic mass is 10.2. The number of carbonyl (C=O) groups excluding carboxylic acids is 1. The summed E-state index contributed by atoms with van der Waals surface area (Å²) in [5.41, 5.74) is 0. The molecule has 1 heterocycles. The van der Waals surface area contributed by atoms with E-state index >= 15 is 0 Å². The molecule has 0 aromatic carbocycles. The second-order valence-electron chi connectivity index (χ2n) is 4.88. The molecule has 19 heavy (non-hydrogen) atoms. The van der Waals surface area contributed by atoms with E-state index in [1.54, 1.807) is 0 Å². The average molecular weight is 308 g/mol. The molecule has 1 amide bonds. The number of carbonyl (C=O) groups is 1. The Morgan fingerprint density at radius 3 is 2.42 bits per heavy atom. The van der Waals surface area contributed by atoms with E-state index in [2.05, 4.69) is 10.3 Å². The van der Waals surface area contributed by atoms with Crippen molar-refractivity contribution in [2.45, 2.75) is 51.2 Å². The van der Waals surface area contributed by atoms with Crippen LogP contribution >= 0.6 is 10.7 Å². The van der Waals surface area contributed by atoms with Gasteiger partial charge in [-0.25, -0.2) is 13.4 Å². The van der Waals surface area contributed by atoms with Gasteiger partial charge in [-0.05, 0) is 13.8 Å². The second kappa shape index (κ2) is 5.92. The average Bonchev–Trinajstić information content (AvgIpc) is 2.59. The molecule has 0 saturated heterocycles. The fraction of sp³-hybridized carbons (Fsp3) is 0.636. The van der Waals surface area contributed by atoms with Crippen molar-refractivity contribution in [3.05, 3.63) is 12.0 Å². The van der Waals surface area contributed by atoms with Crippen LogP contribution in [-0.4, -0.2) is 29.9 Å². The van der Waals surface area contributed by atoms with Gasteiger partial charge in [0.15, 0.2) is 5.03 Å². The van der Waals surface area contributed by atoms with Gasteiger partial charge >= 0.3 is 0 Å². The summed E-state index contributed by atoms with van der Waals surface area (Å²) in [7, 11) is 1.38. The van der Waals surface area contributed by atoms with Gasteiger partial charge < -0.3 is 9.88 Å². The smallest absolute Gasteiger partial charge is 0.280 e. The molecule has 0 spiro atoms. The first-order valence-corrected chi connectivity index (χ1v) is 8.23. The summed E-state index contributed by atoms with van der Waals surface area (Å²) < 4.78 is 24.1. The Morgan fingerprint density at radius 1 is 1.42 bits per heavy atom. The maximum Gasteiger partial charge on any atom is 0.280 e. The number of hydrogen-bond donors (Lipinski definition) is 1. The number of rotatable bonds is 5. The maximum absolute atomic E-state index is 11.7. The number of nitrogens with one attached hydrogen (secondary N) is 1. The number of nitrogens with zero attached hydrogens (tertiary/aromatic N) is 2. The molecule has 0 aliphatic carbocycles. The first-order chi connectivity index (χ1) is 8.61. The summed E-state index contributed by atoms with van der Waals surface area (Å²) in [6.45, 7) is 7.45. The third-order valence-electron chi connectivity index (χ3n) is 2.32. The second-order valence-corrected chi connectivity index (χ2v) is 7.39. The van der Waals surface area contributed by atoms with Crippen LogP contribution in [0.15, 0.2) is 11.2 Å². The van der Waals surface area contributed by atoms with Gasteiger partial charge in [0.2, 0.25) is 5.91 Å². The van der Waals surface area contributed by atoms with Crippen LogP contribution < -0.4 is 5.32 Å². The largest absolute Gasteiger partial charge is 0.352 e. The third kappa shape index (κ3) is 4.50. The van der Waals surface area contributed by atoms with Crippen molar-refractivity contribution in [2.24, 2.45) is 0 Å². The van der Waals surface area contributed by atoms with Crippen molar-refractivity contribution in [3.63, 3.8) is 0 Å². The van der Waals surface area contributed by atoms with Gasteiger partial charge in [-0.1, -0.05) is 13.8 Å². The third-order valence-corrected chi connectivity index (χ3v) is 3.49. The van der Waals surface area contributed by atoms with Crippen LogP contribution in [0, 0.1) is 0 Å². The van der Waals surface area contributed by atoms with Gasteiger partial charge in [0.25, 0.3) is 9.05 Å². The molecule has 1 rings (SSSR count). The molecular formula is C11H18ClN3O3S. The van der Waals surface area contributed by atoms with Crippen LogP contribution in [0.1, 0.15) is 39.4 Å². The molecular weight excluding hydrogens is 290 g/mol. The molecule has 8 heteroatoms. The number of halogens is 1. The molecule has 6 nitrogen and oxygen atoms in total. The molecule has 0 unspecified atom stereocenters. The predicted molar refractivity (Wildman–Crippen MR) is 72.6 cm³/mol. The molecule has 0 aliphatic heterocycles. The normalized spacial score (nSPS) is 12.2. The summed E-state index contributed by atoms with van der Waals surface area (Å²) in [6.07, 6.45) is 1.29. The van der Waals surface area contributed by atoms with Crippen molar-refractivity contribution < 1.29 is 13.2 Å². The zero-order valence-corrected chi connectivity index (χ0v) is 12.9. The van der Waals surface area contributed by atoms with Crippen molar-refractivity contribution in [1.82, 2.24) is 14.9 Å². The Hall–Kier alpha value is -1.08. The topological polar surface area (TPSA) is 81.1 Å². The molecule has 108 valence electrons. The summed E-state index contributed by atoms with van der Waals surface area (Å²) >= 11 is 0. The van der Waals surface area contributed by atoms with Crippen molar-refractivity contribution in [3.8, 4) is 0 Å². The van der Waals surface area contributed by atoms with Crippen LogP contribution in [0.3, 0.4) is 0 Å². The van der Waals surface area contributed by atoms with Crippen molar-refractivity contribution in [2.75, 3.05) is 0 Å². The van der Waals surface area contributed by atoms with E-state index in [9.17, 15) is 13.2 Å². The minimum atomic E-state index is -3.89. The molecule has 0 fully saturated rings. The minimum Gasteiger partial charge on any atom is -0.352 e. The minimum absolute atomic E-state index is 0.0148. The molecule has 0 aliphatic rings. The zero-order chi connectivity index (χ0) is 14.8. The first-order valence-electron chi connectivity index (χ1n) is 5.92. The highest BCUT2D eigenvalue weighted by atomic mass is 35.7. The number of aromatic nitrogens is 2. The molecule has 0 bridgehead atoms. The molecule has 1 N–H and O–H groups in total. The molecule has 0 atom stereocenters. The standard InChI is InChI=1S/C11H18ClN3O3S/c1-7(2)11-14-10(19(12,17)18)6-15(11)5-9(16)13-8(3)4/h6-8H,5H2,1-4H3,(H,13,16). The highest BCUT2D eigenvalue weighted by molar-refractivity contribution is 8.13. The Labute approximate surface area is 117 Å². The van der Waals surface area contributed by atoms with E-state index in [-0.39, 0.29) is 29.4 Å². The van der Waals surface area contributed by atoms with Gasteiger partial charge in [0.05, 0.1) is 0 Å². The Kier molecular flexibility index (Phi) is 4.98. The maximum atomic E-state index is 11.7. The van der Waals surface area contributed by atoms with Gasteiger partial charge in [-0.15, -0.1) is 0 Å². The Bertz CT molecular complexity index is 564. The van der Waals surface area contributed by atoms with Crippen LogP contribution in [0.25, 0.3) is 0 Å². The van der Waals surface area contributed by atoms with Gasteiger partial charge in [0.1, 0.15) is 12.4 Å².